The van der Waals surface area contributed by atoms with Gasteiger partial charge in [-0.1, -0.05) is 31.0 Å². The van der Waals surface area contributed by atoms with Crippen molar-refractivity contribution in [3.8, 4) is 0 Å². The molecule has 24 heavy (non-hydrogen) atoms. The molecule has 1 saturated carbocycles. The van der Waals surface area contributed by atoms with Crippen molar-refractivity contribution in [2.45, 2.75) is 63.5 Å². The molecule has 1 aromatic carbocycles. The molecule has 1 aromatic rings. The molecule has 0 bridgehead atoms. The van der Waals surface area contributed by atoms with Crippen molar-refractivity contribution in [1.82, 2.24) is 0 Å². The number of esters is 1. The number of nitrogens with two attached hydrogens (primary N) is 1. The Morgan fingerprint density at radius 3 is 2.25 bits per heavy atom. The van der Waals surface area contributed by atoms with Gasteiger partial charge in [-0.3, -0.25) is 9.35 Å². The third kappa shape index (κ3) is 6.98. The van der Waals surface area contributed by atoms with E-state index in [0.29, 0.717) is 5.92 Å². The summed E-state index contributed by atoms with van der Waals surface area (Å²) in [6.45, 7) is 5.64. The van der Waals surface area contributed by atoms with Gasteiger partial charge < -0.3 is 10.5 Å². The number of carbonyl (C=O) groups excluding carboxylic acids is 1. The highest BCUT2D eigenvalue weighted by Crippen LogP contribution is 2.26. The van der Waals surface area contributed by atoms with E-state index in [1.807, 2.05) is 6.92 Å². The highest BCUT2D eigenvalue weighted by molar-refractivity contribution is 7.85. The lowest BCUT2D eigenvalue weighted by Crippen LogP contribution is -2.35. The first-order valence-electron chi connectivity index (χ1n) is 8.11. The number of carbonyl (C=O) groups is 1. The number of ether oxygens (including phenoxy) is 1. The van der Waals surface area contributed by atoms with Crippen molar-refractivity contribution < 1.29 is 22.5 Å². The molecule has 2 rings (SSSR count). The summed E-state index contributed by atoms with van der Waals surface area (Å²) in [6.07, 6.45) is 4.69. The maximum atomic E-state index is 11.2. The standard InChI is InChI=1S/C10H19NO2.C7H8O3S/c1-7-5-3-4-6-9(7)13-10(12)8(2)11;1-6-2-4-7(5-3-6)11(8,9)10/h7-9H,3-6,11H2,1-2H3;2-5H,1H3,(H,8,9,10)/t7-,8+,9-;/m0./s1. The van der Waals surface area contributed by atoms with Crippen molar-refractivity contribution >= 4 is 16.1 Å². The van der Waals surface area contributed by atoms with Crippen LogP contribution in [0.3, 0.4) is 0 Å². The molecular weight excluding hydrogens is 330 g/mol. The van der Waals surface area contributed by atoms with Gasteiger partial charge in [0.1, 0.15) is 12.1 Å². The second-order valence-electron chi connectivity index (χ2n) is 6.31. The minimum absolute atomic E-state index is 0.0666. The molecule has 0 unspecified atom stereocenters. The van der Waals surface area contributed by atoms with Crippen LogP contribution in [0.25, 0.3) is 0 Å². The molecule has 0 heterocycles. The first kappa shape index (κ1) is 20.6. The summed E-state index contributed by atoms with van der Waals surface area (Å²) in [4.78, 5) is 11.1. The number of hydrogen-bond donors (Lipinski definition) is 2. The summed E-state index contributed by atoms with van der Waals surface area (Å²) in [5.41, 5.74) is 6.38. The second-order valence-corrected chi connectivity index (χ2v) is 7.74. The van der Waals surface area contributed by atoms with Crippen LogP contribution in [0, 0.1) is 12.8 Å². The third-order valence-electron chi connectivity index (χ3n) is 3.99. The molecule has 136 valence electrons. The molecule has 0 spiro atoms. The maximum absolute atomic E-state index is 11.2. The van der Waals surface area contributed by atoms with Crippen molar-refractivity contribution in [1.29, 1.82) is 0 Å². The molecule has 3 atom stereocenters. The summed E-state index contributed by atoms with van der Waals surface area (Å²) in [6, 6.07) is 5.50. The first-order chi connectivity index (χ1) is 11.1. The number of aryl methyl sites for hydroxylation is 1. The fraction of sp³-hybridized carbons (Fsp3) is 0.588. The molecule has 6 nitrogen and oxygen atoms in total. The Morgan fingerprint density at radius 1 is 1.25 bits per heavy atom. The Labute approximate surface area is 144 Å². The molecule has 0 radical (unpaired) electrons. The fourth-order valence-corrected chi connectivity index (χ4v) is 2.90. The van der Waals surface area contributed by atoms with E-state index >= 15 is 0 Å². The van der Waals surface area contributed by atoms with Gasteiger partial charge in [-0.25, -0.2) is 0 Å². The highest BCUT2D eigenvalue weighted by Gasteiger charge is 2.25. The van der Waals surface area contributed by atoms with E-state index in [9.17, 15) is 13.2 Å². The third-order valence-corrected chi connectivity index (χ3v) is 4.86. The van der Waals surface area contributed by atoms with E-state index in [-0.39, 0.29) is 17.0 Å². The van der Waals surface area contributed by atoms with Crippen LogP contribution in [-0.2, 0) is 19.6 Å². The number of benzene rings is 1. The predicted octanol–water partition coefficient (Wildman–Crippen LogP) is 2.70. The van der Waals surface area contributed by atoms with Gasteiger partial charge in [-0.15, -0.1) is 0 Å². The van der Waals surface area contributed by atoms with Crippen molar-refractivity contribution in [3.63, 3.8) is 0 Å². The van der Waals surface area contributed by atoms with Gasteiger partial charge in [-0.2, -0.15) is 8.42 Å². The Bertz CT molecular complexity index is 625. The maximum Gasteiger partial charge on any atom is 0.322 e. The monoisotopic (exact) mass is 357 g/mol. The largest absolute Gasteiger partial charge is 0.461 e. The Kier molecular flexibility index (Phi) is 7.86. The average molecular weight is 357 g/mol. The second kappa shape index (κ2) is 9.15. The molecule has 0 aliphatic heterocycles. The van der Waals surface area contributed by atoms with Crippen LogP contribution in [0.1, 0.15) is 45.1 Å². The van der Waals surface area contributed by atoms with E-state index in [2.05, 4.69) is 6.92 Å². The van der Waals surface area contributed by atoms with E-state index in [0.717, 1.165) is 18.4 Å². The van der Waals surface area contributed by atoms with Crippen LogP contribution in [0.4, 0.5) is 0 Å². The van der Waals surface area contributed by atoms with Gasteiger partial charge in [0.15, 0.2) is 0 Å². The lowest BCUT2D eigenvalue weighted by atomic mass is 9.88. The summed E-state index contributed by atoms with van der Waals surface area (Å²) < 4.78 is 34.9. The molecular formula is C17H27NO5S. The van der Waals surface area contributed by atoms with Crippen molar-refractivity contribution in [3.05, 3.63) is 29.8 Å². The quantitative estimate of drug-likeness (QED) is 0.636. The normalized spacial score (nSPS) is 22.0. The lowest BCUT2D eigenvalue weighted by molar-refractivity contribution is -0.154. The van der Waals surface area contributed by atoms with E-state index in [4.69, 9.17) is 15.0 Å². The molecule has 3 N–H and O–H groups in total. The molecule has 7 heteroatoms. The topological polar surface area (TPSA) is 107 Å². The van der Waals surface area contributed by atoms with Crippen LogP contribution in [0.5, 0.6) is 0 Å². The van der Waals surface area contributed by atoms with E-state index in [1.165, 1.54) is 25.0 Å². The zero-order chi connectivity index (χ0) is 18.3. The number of rotatable bonds is 3. The highest BCUT2D eigenvalue weighted by atomic mass is 32.2. The predicted molar refractivity (Wildman–Crippen MR) is 92.2 cm³/mol. The lowest BCUT2D eigenvalue weighted by Gasteiger charge is -2.28. The summed E-state index contributed by atoms with van der Waals surface area (Å²) in [5, 5.41) is 0. The molecule has 0 amide bonds. The van der Waals surface area contributed by atoms with Gasteiger partial charge in [-0.05, 0) is 51.2 Å². The van der Waals surface area contributed by atoms with Gasteiger partial charge in [0.05, 0.1) is 4.90 Å². The number of hydrogen-bond acceptors (Lipinski definition) is 5. The molecule has 1 aliphatic carbocycles. The molecule has 0 saturated heterocycles. The smallest absolute Gasteiger partial charge is 0.322 e. The van der Waals surface area contributed by atoms with Gasteiger partial charge >= 0.3 is 5.97 Å². The van der Waals surface area contributed by atoms with E-state index in [1.54, 1.807) is 19.1 Å². The zero-order valence-corrected chi connectivity index (χ0v) is 15.3. The van der Waals surface area contributed by atoms with Gasteiger partial charge in [0.25, 0.3) is 10.1 Å². The van der Waals surface area contributed by atoms with Crippen LogP contribution >= 0.6 is 0 Å². The molecule has 0 aromatic heterocycles. The Morgan fingerprint density at radius 2 is 1.79 bits per heavy atom. The minimum Gasteiger partial charge on any atom is -0.461 e. The van der Waals surface area contributed by atoms with Crippen LogP contribution in [-0.4, -0.2) is 31.1 Å². The van der Waals surface area contributed by atoms with Crippen LogP contribution in [0.15, 0.2) is 29.2 Å². The van der Waals surface area contributed by atoms with E-state index < -0.39 is 16.2 Å². The van der Waals surface area contributed by atoms with Crippen molar-refractivity contribution in [2.24, 2.45) is 11.7 Å². The zero-order valence-electron chi connectivity index (χ0n) is 14.4. The van der Waals surface area contributed by atoms with Gasteiger partial charge in [0.2, 0.25) is 0 Å². The summed E-state index contributed by atoms with van der Waals surface area (Å²) >= 11 is 0. The van der Waals surface area contributed by atoms with Gasteiger partial charge in [0, 0.05) is 0 Å². The average Bonchev–Trinajstić information content (AvgIpc) is 2.49. The van der Waals surface area contributed by atoms with Crippen LogP contribution in [0.2, 0.25) is 0 Å². The van der Waals surface area contributed by atoms with Crippen LogP contribution < -0.4 is 5.73 Å². The summed E-state index contributed by atoms with van der Waals surface area (Å²) in [5.74, 6) is 0.232. The fourth-order valence-electron chi connectivity index (χ4n) is 2.42. The Hall–Kier alpha value is -1.44. The first-order valence-corrected chi connectivity index (χ1v) is 9.55. The minimum atomic E-state index is -4.02. The summed E-state index contributed by atoms with van der Waals surface area (Å²) in [7, 11) is -4.02. The molecule has 1 aliphatic rings. The molecule has 1 fully saturated rings. The Balaban J connectivity index is 0.000000243. The SMILES string of the molecule is C[C@@H](N)C(=O)O[C@H]1CCCC[C@@H]1C.Cc1ccc(S(=O)(=O)O)cc1. The van der Waals surface area contributed by atoms with Crippen molar-refractivity contribution in [2.75, 3.05) is 0 Å².